The van der Waals surface area contributed by atoms with Crippen LogP contribution in [-0.4, -0.2) is 35.1 Å². The zero-order valence-corrected chi connectivity index (χ0v) is 14.9. The largest absolute Gasteiger partial charge is 0.491 e. The Kier molecular flexibility index (Phi) is 4.89. The molecule has 3 aromatic rings. The molecule has 128 valence electrons. The van der Waals surface area contributed by atoms with E-state index in [0.717, 1.165) is 21.5 Å². The predicted octanol–water partition coefficient (Wildman–Crippen LogP) is 3.68. The maximum Gasteiger partial charge on any atom is 0.178 e. The van der Waals surface area contributed by atoms with Crippen molar-refractivity contribution < 1.29 is 14.4 Å². The second-order valence-corrected chi connectivity index (χ2v) is 7.68. The molecule has 2 N–H and O–H groups in total. The SMILES string of the molecule is CC(C)(C)NCC(O)COc1cccc(-c2noc3ccsc23)c1. The molecular formula is C18H22N2O3S. The lowest BCUT2D eigenvalue weighted by atomic mass is 10.1. The van der Waals surface area contributed by atoms with Crippen LogP contribution in [0.2, 0.25) is 0 Å². The van der Waals surface area contributed by atoms with Crippen molar-refractivity contribution in [3.8, 4) is 17.0 Å². The fourth-order valence-corrected chi connectivity index (χ4v) is 3.09. The fourth-order valence-electron chi connectivity index (χ4n) is 2.27. The highest BCUT2D eigenvalue weighted by Crippen LogP contribution is 2.33. The van der Waals surface area contributed by atoms with Gasteiger partial charge < -0.3 is 19.7 Å². The average molecular weight is 346 g/mol. The van der Waals surface area contributed by atoms with Crippen molar-refractivity contribution in [3.63, 3.8) is 0 Å². The van der Waals surface area contributed by atoms with E-state index < -0.39 is 6.10 Å². The van der Waals surface area contributed by atoms with Crippen LogP contribution in [0.3, 0.4) is 0 Å². The van der Waals surface area contributed by atoms with Crippen LogP contribution in [0.15, 0.2) is 40.2 Å². The molecule has 0 aliphatic carbocycles. The van der Waals surface area contributed by atoms with Crippen LogP contribution >= 0.6 is 11.3 Å². The number of hydrogen-bond donors (Lipinski definition) is 2. The number of nitrogens with zero attached hydrogens (tertiary/aromatic N) is 1. The third-order valence-corrected chi connectivity index (χ3v) is 4.40. The number of rotatable bonds is 6. The third-order valence-electron chi connectivity index (χ3n) is 3.50. The highest BCUT2D eigenvalue weighted by atomic mass is 32.1. The summed E-state index contributed by atoms with van der Waals surface area (Å²) >= 11 is 1.60. The molecule has 1 aromatic carbocycles. The first kappa shape index (κ1) is 17.0. The van der Waals surface area contributed by atoms with E-state index in [1.54, 1.807) is 11.3 Å². The van der Waals surface area contributed by atoms with Gasteiger partial charge in [0, 0.05) is 17.6 Å². The molecule has 0 aliphatic heterocycles. The third kappa shape index (κ3) is 4.14. The van der Waals surface area contributed by atoms with Gasteiger partial charge in [-0.1, -0.05) is 17.3 Å². The smallest absolute Gasteiger partial charge is 0.178 e. The quantitative estimate of drug-likeness (QED) is 0.712. The zero-order chi connectivity index (χ0) is 17.2. The summed E-state index contributed by atoms with van der Waals surface area (Å²) in [5.74, 6) is 0.704. The monoisotopic (exact) mass is 346 g/mol. The van der Waals surface area contributed by atoms with Gasteiger partial charge in [-0.2, -0.15) is 0 Å². The summed E-state index contributed by atoms with van der Waals surface area (Å²) in [4.78, 5) is 0. The van der Waals surface area contributed by atoms with Crippen LogP contribution in [0, 0.1) is 0 Å². The lowest BCUT2D eigenvalue weighted by Crippen LogP contribution is -2.42. The second kappa shape index (κ2) is 6.93. The molecule has 0 saturated carbocycles. The molecule has 24 heavy (non-hydrogen) atoms. The van der Waals surface area contributed by atoms with Gasteiger partial charge in [0.05, 0.1) is 0 Å². The van der Waals surface area contributed by atoms with E-state index in [1.165, 1.54) is 0 Å². The second-order valence-electron chi connectivity index (χ2n) is 6.77. The molecule has 0 aliphatic rings. The zero-order valence-electron chi connectivity index (χ0n) is 14.1. The van der Waals surface area contributed by atoms with Gasteiger partial charge in [-0.05, 0) is 44.4 Å². The summed E-state index contributed by atoms with van der Waals surface area (Å²) in [5, 5.41) is 19.4. The highest BCUT2D eigenvalue weighted by Gasteiger charge is 2.14. The Morgan fingerprint density at radius 3 is 2.96 bits per heavy atom. The van der Waals surface area contributed by atoms with Gasteiger partial charge in [0.1, 0.15) is 28.9 Å². The Labute approximate surface area is 145 Å². The normalized spacial score (nSPS) is 13.3. The fraction of sp³-hybridized carbons (Fsp3) is 0.389. The van der Waals surface area contributed by atoms with Crippen molar-refractivity contribution in [1.82, 2.24) is 10.5 Å². The predicted molar refractivity (Wildman–Crippen MR) is 96.6 cm³/mol. The number of ether oxygens (including phenoxy) is 1. The Balaban J connectivity index is 1.65. The number of aromatic nitrogens is 1. The molecule has 0 bridgehead atoms. The Bertz CT molecular complexity index is 804. The van der Waals surface area contributed by atoms with Crippen molar-refractivity contribution in [2.75, 3.05) is 13.2 Å². The molecule has 0 fully saturated rings. The van der Waals surface area contributed by atoms with Gasteiger partial charge in [-0.3, -0.25) is 0 Å². The topological polar surface area (TPSA) is 67.5 Å². The van der Waals surface area contributed by atoms with Crippen LogP contribution < -0.4 is 10.1 Å². The summed E-state index contributed by atoms with van der Waals surface area (Å²) in [6, 6.07) is 9.59. The summed E-state index contributed by atoms with van der Waals surface area (Å²) in [6.45, 7) is 6.91. The van der Waals surface area contributed by atoms with Crippen LogP contribution in [0.5, 0.6) is 5.75 Å². The van der Waals surface area contributed by atoms with Gasteiger partial charge >= 0.3 is 0 Å². The minimum absolute atomic E-state index is 0.0278. The molecule has 1 atom stereocenters. The van der Waals surface area contributed by atoms with E-state index in [2.05, 4.69) is 31.2 Å². The molecule has 6 heteroatoms. The molecule has 0 amide bonds. The number of nitrogens with one attached hydrogen (secondary N) is 1. The van der Waals surface area contributed by atoms with Gasteiger partial charge in [-0.15, -0.1) is 11.3 Å². The van der Waals surface area contributed by atoms with Gasteiger partial charge in [0.15, 0.2) is 5.58 Å². The Morgan fingerprint density at radius 1 is 1.33 bits per heavy atom. The molecule has 0 saturated heterocycles. The number of β-amino-alcohol motifs (C(OH)–C–C–N with tert-alkyl or cyclic N) is 1. The van der Waals surface area contributed by atoms with E-state index in [-0.39, 0.29) is 12.1 Å². The average Bonchev–Trinajstić information content (AvgIpc) is 3.13. The van der Waals surface area contributed by atoms with Gasteiger partial charge in [0.2, 0.25) is 0 Å². The minimum Gasteiger partial charge on any atom is -0.491 e. The van der Waals surface area contributed by atoms with Crippen molar-refractivity contribution in [1.29, 1.82) is 0 Å². The molecule has 0 radical (unpaired) electrons. The molecule has 2 heterocycles. The van der Waals surface area contributed by atoms with E-state index in [9.17, 15) is 5.11 Å². The van der Waals surface area contributed by atoms with Gasteiger partial charge in [0.25, 0.3) is 0 Å². The van der Waals surface area contributed by atoms with Crippen molar-refractivity contribution in [3.05, 3.63) is 35.7 Å². The van der Waals surface area contributed by atoms with Crippen molar-refractivity contribution in [2.24, 2.45) is 0 Å². The van der Waals surface area contributed by atoms with Crippen LogP contribution in [-0.2, 0) is 0 Å². The van der Waals surface area contributed by atoms with Crippen molar-refractivity contribution >= 4 is 21.6 Å². The number of thiophene rings is 1. The van der Waals surface area contributed by atoms with Crippen LogP contribution in [0.4, 0.5) is 0 Å². The first-order valence-corrected chi connectivity index (χ1v) is 8.79. The van der Waals surface area contributed by atoms with E-state index in [4.69, 9.17) is 9.26 Å². The molecule has 3 rings (SSSR count). The maximum absolute atomic E-state index is 10.0. The van der Waals surface area contributed by atoms with Crippen LogP contribution in [0.1, 0.15) is 20.8 Å². The van der Waals surface area contributed by atoms with E-state index >= 15 is 0 Å². The van der Waals surface area contributed by atoms with E-state index in [1.807, 2.05) is 35.7 Å². The van der Waals surface area contributed by atoms with E-state index in [0.29, 0.717) is 12.3 Å². The summed E-state index contributed by atoms with van der Waals surface area (Å²) < 4.78 is 12.1. The molecule has 1 unspecified atom stereocenters. The van der Waals surface area contributed by atoms with Crippen LogP contribution in [0.25, 0.3) is 21.5 Å². The summed E-state index contributed by atoms with van der Waals surface area (Å²) in [5.41, 5.74) is 2.53. The van der Waals surface area contributed by atoms with Crippen molar-refractivity contribution in [2.45, 2.75) is 32.4 Å². The van der Waals surface area contributed by atoms with Gasteiger partial charge in [-0.25, -0.2) is 0 Å². The first-order valence-electron chi connectivity index (χ1n) is 7.91. The molecule has 5 nitrogen and oxygen atoms in total. The summed E-state index contributed by atoms with van der Waals surface area (Å²) in [7, 11) is 0. The highest BCUT2D eigenvalue weighted by molar-refractivity contribution is 7.17. The molecular weight excluding hydrogens is 324 g/mol. The number of hydrogen-bond acceptors (Lipinski definition) is 6. The summed E-state index contributed by atoms with van der Waals surface area (Å²) in [6.07, 6.45) is -0.566. The Hall–Kier alpha value is -1.89. The maximum atomic E-state index is 10.0. The number of benzene rings is 1. The first-order chi connectivity index (χ1) is 11.4. The molecule has 2 aromatic heterocycles. The lowest BCUT2D eigenvalue weighted by Gasteiger charge is -2.23. The number of aliphatic hydroxyl groups excluding tert-OH is 1. The lowest BCUT2D eigenvalue weighted by molar-refractivity contribution is 0.100. The minimum atomic E-state index is -0.566. The molecule has 0 spiro atoms. The standard InChI is InChI=1S/C18H22N2O3S/c1-18(2,3)19-10-13(21)11-22-14-6-4-5-12(9-14)16-17-15(23-20-16)7-8-24-17/h4-9,13,19,21H,10-11H2,1-3H3. The Morgan fingerprint density at radius 2 is 2.17 bits per heavy atom. The number of aliphatic hydroxyl groups is 1. The number of fused-ring (bicyclic) bond motifs is 1.